The Morgan fingerprint density at radius 1 is 1.31 bits per heavy atom. The number of benzene rings is 1. The van der Waals surface area contributed by atoms with Crippen molar-refractivity contribution in [1.29, 1.82) is 0 Å². The summed E-state index contributed by atoms with van der Waals surface area (Å²) < 4.78 is 4.98. The van der Waals surface area contributed by atoms with Gasteiger partial charge in [-0.1, -0.05) is 0 Å². The number of aromatic amines is 1. The van der Waals surface area contributed by atoms with Crippen LogP contribution in [-0.2, 0) is 0 Å². The maximum Gasteiger partial charge on any atom is 0.233 e. The predicted octanol–water partition coefficient (Wildman–Crippen LogP) is 1.59. The van der Waals surface area contributed by atoms with Gasteiger partial charge in [-0.2, -0.15) is 0 Å². The van der Waals surface area contributed by atoms with Crippen LogP contribution in [0.1, 0.15) is 0 Å². The first-order chi connectivity index (χ1) is 6.22. The number of H-pyrrole nitrogens is 1. The molecule has 0 aliphatic carbocycles. The number of aromatic hydroxyl groups is 2. The highest BCUT2D eigenvalue weighted by Crippen LogP contribution is 2.35. The fourth-order valence-corrected chi connectivity index (χ4v) is 1.27. The van der Waals surface area contributed by atoms with Gasteiger partial charge in [0.25, 0.3) is 0 Å². The molecule has 0 saturated carbocycles. The highest BCUT2D eigenvalue weighted by Gasteiger charge is 2.09. The normalized spacial score (nSPS) is 10.5. The summed E-state index contributed by atoms with van der Waals surface area (Å²) in [7, 11) is 1.55. The van der Waals surface area contributed by atoms with Crippen LogP contribution in [0.5, 0.6) is 17.4 Å². The topological polar surface area (TPSA) is 65.5 Å². The molecule has 0 atom stereocenters. The molecule has 4 heteroatoms. The molecular weight excluding hydrogens is 170 g/mol. The first-order valence-corrected chi connectivity index (χ1v) is 3.80. The molecule has 0 aliphatic heterocycles. The smallest absolute Gasteiger partial charge is 0.233 e. The van der Waals surface area contributed by atoms with Crippen LogP contribution in [0.3, 0.4) is 0 Å². The van der Waals surface area contributed by atoms with Crippen LogP contribution < -0.4 is 4.74 Å². The van der Waals surface area contributed by atoms with Gasteiger partial charge in [0.1, 0.15) is 5.75 Å². The van der Waals surface area contributed by atoms with Gasteiger partial charge in [0, 0.05) is 5.39 Å². The molecule has 0 amide bonds. The third-order valence-electron chi connectivity index (χ3n) is 1.96. The third-order valence-corrected chi connectivity index (χ3v) is 1.96. The average molecular weight is 179 g/mol. The number of ether oxygens (including phenoxy) is 1. The number of aromatic nitrogens is 1. The number of fused-ring (bicyclic) bond motifs is 1. The van der Waals surface area contributed by atoms with Gasteiger partial charge in [0.15, 0.2) is 5.75 Å². The van der Waals surface area contributed by atoms with Gasteiger partial charge in [0.05, 0.1) is 12.6 Å². The molecule has 13 heavy (non-hydrogen) atoms. The first-order valence-electron chi connectivity index (χ1n) is 3.80. The predicted molar refractivity (Wildman–Crippen MR) is 48.2 cm³/mol. The summed E-state index contributed by atoms with van der Waals surface area (Å²) in [6, 6.07) is 5.13. The van der Waals surface area contributed by atoms with E-state index in [4.69, 9.17) is 9.84 Å². The zero-order valence-electron chi connectivity index (χ0n) is 7.03. The highest BCUT2D eigenvalue weighted by molar-refractivity contribution is 5.89. The molecule has 0 spiro atoms. The van der Waals surface area contributed by atoms with Crippen LogP contribution in [0.2, 0.25) is 0 Å². The molecule has 1 aromatic carbocycles. The molecule has 0 aliphatic rings. The standard InChI is InChI=1S/C9H9NO3/c1-13-5-2-3-7-6(4-5)8(11)9(12)10-7/h2-4,10-12H,1H3. The second-order valence-electron chi connectivity index (χ2n) is 2.73. The summed E-state index contributed by atoms with van der Waals surface area (Å²) in [6.07, 6.45) is 0. The third kappa shape index (κ3) is 1.07. The second kappa shape index (κ2) is 2.58. The van der Waals surface area contributed by atoms with E-state index in [9.17, 15) is 5.11 Å². The molecule has 0 fully saturated rings. The Hall–Kier alpha value is -1.84. The second-order valence-corrected chi connectivity index (χ2v) is 2.73. The van der Waals surface area contributed by atoms with Crippen molar-refractivity contribution < 1.29 is 14.9 Å². The Balaban J connectivity index is 2.75. The van der Waals surface area contributed by atoms with E-state index >= 15 is 0 Å². The van der Waals surface area contributed by atoms with Crippen molar-refractivity contribution in [3.05, 3.63) is 18.2 Å². The van der Waals surface area contributed by atoms with Gasteiger partial charge in [-0.05, 0) is 18.2 Å². The molecule has 0 unspecified atom stereocenters. The van der Waals surface area contributed by atoms with Crippen molar-refractivity contribution in [1.82, 2.24) is 4.98 Å². The molecule has 3 N–H and O–H groups in total. The van der Waals surface area contributed by atoms with Gasteiger partial charge in [0.2, 0.25) is 5.88 Å². The monoisotopic (exact) mass is 179 g/mol. The zero-order valence-corrected chi connectivity index (χ0v) is 7.03. The zero-order chi connectivity index (χ0) is 9.42. The molecule has 2 rings (SSSR count). The van der Waals surface area contributed by atoms with Crippen LogP contribution in [-0.4, -0.2) is 22.3 Å². The first kappa shape index (κ1) is 7.79. The lowest BCUT2D eigenvalue weighted by Crippen LogP contribution is -1.80. The lowest BCUT2D eigenvalue weighted by Gasteiger charge is -1.97. The van der Waals surface area contributed by atoms with E-state index in [1.165, 1.54) is 0 Å². The van der Waals surface area contributed by atoms with Crippen molar-refractivity contribution in [3.63, 3.8) is 0 Å². The summed E-state index contributed by atoms with van der Waals surface area (Å²) in [4.78, 5) is 2.63. The fourth-order valence-electron chi connectivity index (χ4n) is 1.27. The maximum atomic E-state index is 9.38. The fraction of sp³-hybridized carbons (Fsp3) is 0.111. The molecule has 4 nitrogen and oxygen atoms in total. The van der Waals surface area contributed by atoms with E-state index < -0.39 is 0 Å². The quantitative estimate of drug-likeness (QED) is 0.622. The van der Waals surface area contributed by atoms with Crippen molar-refractivity contribution >= 4 is 10.9 Å². The van der Waals surface area contributed by atoms with Crippen LogP contribution in [0, 0.1) is 0 Å². The lowest BCUT2D eigenvalue weighted by atomic mass is 10.2. The Kier molecular flexibility index (Phi) is 1.55. The Labute approximate surface area is 74.4 Å². The number of hydrogen-bond donors (Lipinski definition) is 3. The van der Waals surface area contributed by atoms with E-state index in [0.29, 0.717) is 16.7 Å². The van der Waals surface area contributed by atoms with E-state index in [2.05, 4.69) is 4.98 Å². The minimum Gasteiger partial charge on any atom is -0.503 e. The summed E-state index contributed by atoms with van der Waals surface area (Å²) in [5.41, 5.74) is 0.677. The molecule has 2 aromatic rings. The van der Waals surface area contributed by atoms with E-state index in [-0.39, 0.29) is 11.6 Å². The van der Waals surface area contributed by atoms with Gasteiger partial charge in [-0.25, -0.2) is 0 Å². The van der Waals surface area contributed by atoms with E-state index in [0.717, 1.165) is 0 Å². The van der Waals surface area contributed by atoms with Crippen LogP contribution in [0.15, 0.2) is 18.2 Å². The summed E-state index contributed by atoms with van der Waals surface area (Å²) >= 11 is 0. The molecular formula is C9H9NO3. The average Bonchev–Trinajstić information content (AvgIpc) is 2.43. The number of hydrogen-bond acceptors (Lipinski definition) is 3. The number of nitrogens with one attached hydrogen (secondary N) is 1. The van der Waals surface area contributed by atoms with E-state index in [1.54, 1.807) is 25.3 Å². The SMILES string of the molecule is COc1ccc2[nH]c(O)c(O)c2c1. The summed E-state index contributed by atoms with van der Waals surface area (Å²) in [5.74, 6) is 0.277. The minimum absolute atomic E-state index is 0.145. The molecule has 0 radical (unpaired) electrons. The molecule has 0 bridgehead atoms. The van der Waals surface area contributed by atoms with Gasteiger partial charge < -0.3 is 19.9 Å². The number of rotatable bonds is 1. The van der Waals surface area contributed by atoms with E-state index in [1.807, 2.05) is 0 Å². The molecule has 1 heterocycles. The Bertz CT molecular complexity index is 447. The number of methoxy groups -OCH3 is 1. The van der Waals surface area contributed by atoms with Crippen molar-refractivity contribution in [2.75, 3.05) is 7.11 Å². The molecule has 1 aromatic heterocycles. The van der Waals surface area contributed by atoms with Gasteiger partial charge in [-0.3, -0.25) is 0 Å². The Morgan fingerprint density at radius 3 is 2.77 bits per heavy atom. The largest absolute Gasteiger partial charge is 0.503 e. The summed E-state index contributed by atoms with van der Waals surface area (Å²) in [5, 5.41) is 19.1. The minimum atomic E-state index is -0.219. The molecule has 0 saturated heterocycles. The van der Waals surface area contributed by atoms with Gasteiger partial charge >= 0.3 is 0 Å². The molecule has 68 valence electrons. The maximum absolute atomic E-state index is 9.38. The van der Waals surface area contributed by atoms with Gasteiger partial charge in [-0.15, -0.1) is 0 Å². The lowest BCUT2D eigenvalue weighted by molar-refractivity contribution is 0.398. The van der Waals surface area contributed by atoms with Crippen LogP contribution in [0.25, 0.3) is 10.9 Å². The van der Waals surface area contributed by atoms with Crippen molar-refractivity contribution in [2.24, 2.45) is 0 Å². The summed E-state index contributed by atoms with van der Waals surface area (Å²) in [6.45, 7) is 0. The van der Waals surface area contributed by atoms with Crippen molar-refractivity contribution in [2.45, 2.75) is 0 Å². The van der Waals surface area contributed by atoms with Crippen LogP contribution >= 0.6 is 0 Å². The van der Waals surface area contributed by atoms with Crippen LogP contribution in [0.4, 0.5) is 0 Å². The Morgan fingerprint density at radius 2 is 2.08 bits per heavy atom. The highest BCUT2D eigenvalue weighted by atomic mass is 16.5. The van der Waals surface area contributed by atoms with Crippen molar-refractivity contribution in [3.8, 4) is 17.4 Å².